The molecular formula is C24H35N3O6. The molecule has 1 atom stereocenters. The van der Waals surface area contributed by atoms with Crippen molar-refractivity contribution in [2.75, 3.05) is 47.1 Å². The third-order valence-electron chi connectivity index (χ3n) is 6.20. The number of hydrogen-bond acceptors (Lipinski definition) is 6. The predicted octanol–water partition coefficient (Wildman–Crippen LogP) is 1.66. The lowest BCUT2D eigenvalue weighted by molar-refractivity contribution is -0.150. The Hall–Kier alpha value is -2.65. The molecule has 1 aromatic rings. The average Bonchev–Trinajstić information content (AvgIpc) is 3.16. The molecule has 33 heavy (non-hydrogen) atoms. The fourth-order valence-electron chi connectivity index (χ4n) is 4.37. The van der Waals surface area contributed by atoms with Crippen molar-refractivity contribution in [3.05, 3.63) is 29.8 Å². The number of ether oxygens (including phenoxy) is 3. The Morgan fingerprint density at radius 1 is 1.12 bits per heavy atom. The van der Waals surface area contributed by atoms with E-state index in [1.165, 1.54) is 0 Å². The van der Waals surface area contributed by atoms with Crippen LogP contribution in [0.15, 0.2) is 24.3 Å². The maximum absolute atomic E-state index is 13.7. The van der Waals surface area contributed by atoms with Crippen LogP contribution in [-0.2, 0) is 19.1 Å². The van der Waals surface area contributed by atoms with Gasteiger partial charge in [0.1, 0.15) is 17.5 Å². The second-order valence-corrected chi connectivity index (χ2v) is 9.50. The summed E-state index contributed by atoms with van der Waals surface area (Å²) >= 11 is 0. The molecule has 0 radical (unpaired) electrons. The highest BCUT2D eigenvalue weighted by atomic mass is 16.5. The molecule has 2 saturated heterocycles. The molecule has 0 aromatic heterocycles. The predicted molar refractivity (Wildman–Crippen MR) is 122 cm³/mol. The molecule has 9 nitrogen and oxygen atoms in total. The van der Waals surface area contributed by atoms with Gasteiger partial charge in [-0.25, -0.2) is 0 Å². The highest BCUT2D eigenvalue weighted by Gasteiger charge is 2.54. The standard InChI is InChI=1S/C24H35N3O6/c1-23(2,3)22(30)26-13-10-24(11-14-26)27(19(16-33-24)20(28)25-12-15-31-4)21(29)17-6-8-18(32-5)9-7-17/h6-9,19H,10-16H2,1-5H3,(H,25,28). The molecule has 1 aromatic carbocycles. The normalized spacial score (nSPS) is 20.1. The lowest BCUT2D eigenvalue weighted by atomic mass is 9.91. The number of methoxy groups -OCH3 is 2. The van der Waals surface area contributed by atoms with E-state index in [1.807, 2.05) is 25.7 Å². The lowest BCUT2D eigenvalue weighted by Crippen LogP contribution is -2.60. The summed E-state index contributed by atoms with van der Waals surface area (Å²) in [5.74, 6) is 0.149. The first-order chi connectivity index (χ1) is 15.6. The van der Waals surface area contributed by atoms with Crippen molar-refractivity contribution in [2.45, 2.75) is 45.4 Å². The van der Waals surface area contributed by atoms with Crippen LogP contribution in [0.2, 0.25) is 0 Å². The summed E-state index contributed by atoms with van der Waals surface area (Å²) in [7, 11) is 3.12. The molecule has 2 heterocycles. The van der Waals surface area contributed by atoms with E-state index >= 15 is 0 Å². The van der Waals surface area contributed by atoms with E-state index in [0.717, 1.165) is 0 Å². The van der Waals surface area contributed by atoms with E-state index in [2.05, 4.69) is 5.32 Å². The van der Waals surface area contributed by atoms with Crippen LogP contribution in [0.3, 0.4) is 0 Å². The van der Waals surface area contributed by atoms with Gasteiger partial charge >= 0.3 is 0 Å². The molecule has 1 N–H and O–H groups in total. The van der Waals surface area contributed by atoms with Crippen LogP contribution in [0, 0.1) is 5.41 Å². The maximum atomic E-state index is 13.7. The fraction of sp³-hybridized carbons (Fsp3) is 0.625. The highest BCUT2D eigenvalue weighted by Crippen LogP contribution is 2.39. The molecule has 9 heteroatoms. The number of nitrogens with one attached hydrogen (secondary N) is 1. The zero-order valence-electron chi connectivity index (χ0n) is 20.2. The van der Waals surface area contributed by atoms with E-state index in [1.54, 1.807) is 43.4 Å². The Morgan fingerprint density at radius 2 is 1.76 bits per heavy atom. The number of amides is 3. The molecular weight excluding hydrogens is 426 g/mol. The summed E-state index contributed by atoms with van der Waals surface area (Å²) in [4.78, 5) is 42.8. The molecule has 0 saturated carbocycles. The first-order valence-corrected chi connectivity index (χ1v) is 11.3. The quantitative estimate of drug-likeness (QED) is 0.648. The lowest BCUT2D eigenvalue weighted by Gasteiger charge is -2.45. The van der Waals surface area contributed by atoms with E-state index in [4.69, 9.17) is 14.2 Å². The highest BCUT2D eigenvalue weighted by molar-refractivity contribution is 5.98. The summed E-state index contributed by atoms with van der Waals surface area (Å²) in [5.41, 5.74) is -0.971. The number of hydrogen-bond donors (Lipinski definition) is 1. The SMILES string of the molecule is COCCNC(=O)C1COC2(CCN(C(=O)C(C)(C)C)CC2)N1C(=O)c1ccc(OC)cc1. The van der Waals surface area contributed by atoms with Gasteiger partial charge in [0.2, 0.25) is 11.8 Å². The van der Waals surface area contributed by atoms with Crippen molar-refractivity contribution >= 4 is 17.7 Å². The van der Waals surface area contributed by atoms with Crippen molar-refractivity contribution in [1.82, 2.24) is 15.1 Å². The number of likely N-dealkylation sites (tertiary alicyclic amines) is 1. The third-order valence-corrected chi connectivity index (χ3v) is 6.20. The minimum atomic E-state index is -0.936. The average molecular weight is 462 g/mol. The second kappa shape index (κ2) is 10.1. The topological polar surface area (TPSA) is 97.4 Å². The van der Waals surface area contributed by atoms with Gasteiger partial charge in [-0.3, -0.25) is 19.3 Å². The van der Waals surface area contributed by atoms with Gasteiger partial charge in [0.25, 0.3) is 5.91 Å². The third kappa shape index (κ3) is 5.30. The van der Waals surface area contributed by atoms with E-state index < -0.39 is 17.2 Å². The monoisotopic (exact) mass is 461 g/mol. The molecule has 0 aliphatic carbocycles. The van der Waals surface area contributed by atoms with E-state index in [0.29, 0.717) is 50.4 Å². The molecule has 2 aliphatic rings. The summed E-state index contributed by atoms with van der Waals surface area (Å²) in [6.45, 7) is 7.43. The molecule has 182 valence electrons. The van der Waals surface area contributed by atoms with Gasteiger partial charge in [0.05, 0.1) is 20.3 Å². The number of piperidine rings is 1. The summed E-state index contributed by atoms with van der Waals surface area (Å²) in [5, 5.41) is 2.83. The van der Waals surface area contributed by atoms with Crippen LogP contribution < -0.4 is 10.1 Å². The second-order valence-electron chi connectivity index (χ2n) is 9.50. The first-order valence-electron chi connectivity index (χ1n) is 11.3. The zero-order valence-corrected chi connectivity index (χ0v) is 20.2. The molecule has 2 fully saturated rings. The minimum Gasteiger partial charge on any atom is -0.497 e. The number of benzene rings is 1. The first kappa shape index (κ1) is 25.0. The molecule has 1 unspecified atom stereocenters. The van der Waals surface area contributed by atoms with Gasteiger partial charge in [-0.05, 0) is 24.3 Å². The molecule has 0 bridgehead atoms. The van der Waals surface area contributed by atoms with E-state index in [-0.39, 0.29) is 24.3 Å². The Morgan fingerprint density at radius 3 is 2.30 bits per heavy atom. The van der Waals surface area contributed by atoms with Gasteiger partial charge in [0.15, 0.2) is 0 Å². The number of nitrogens with zero attached hydrogens (tertiary/aromatic N) is 2. The summed E-state index contributed by atoms with van der Waals surface area (Å²) < 4.78 is 16.4. The number of carbonyl (C=O) groups excluding carboxylic acids is 3. The molecule has 3 amide bonds. The van der Waals surface area contributed by atoms with Gasteiger partial charge in [-0.2, -0.15) is 0 Å². The smallest absolute Gasteiger partial charge is 0.256 e. The van der Waals surface area contributed by atoms with Crippen LogP contribution in [0.1, 0.15) is 44.0 Å². The Labute approximate surface area is 195 Å². The summed E-state index contributed by atoms with van der Waals surface area (Å²) in [6.07, 6.45) is 0.886. The Kier molecular flexibility index (Phi) is 7.64. The van der Waals surface area contributed by atoms with E-state index in [9.17, 15) is 14.4 Å². The van der Waals surface area contributed by atoms with Gasteiger partial charge in [-0.1, -0.05) is 20.8 Å². The van der Waals surface area contributed by atoms with Crippen molar-refractivity contribution in [3.8, 4) is 5.75 Å². The van der Waals surface area contributed by atoms with Crippen LogP contribution in [0.5, 0.6) is 5.75 Å². The van der Waals surface area contributed by atoms with Gasteiger partial charge < -0.3 is 24.4 Å². The van der Waals surface area contributed by atoms with Gasteiger partial charge in [-0.15, -0.1) is 0 Å². The Bertz CT molecular complexity index is 856. The maximum Gasteiger partial charge on any atom is 0.256 e. The summed E-state index contributed by atoms with van der Waals surface area (Å²) in [6, 6.07) is 6.04. The van der Waals surface area contributed by atoms with Gasteiger partial charge in [0, 0.05) is 50.6 Å². The molecule has 3 rings (SSSR count). The number of rotatable bonds is 6. The molecule has 2 aliphatic heterocycles. The van der Waals surface area contributed by atoms with Crippen LogP contribution in [-0.4, -0.2) is 86.4 Å². The Balaban J connectivity index is 1.85. The van der Waals surface area contributed by atoms with Crippen molar-refractivity contribution < 1.29 is 28.6 Å². The minimum absolute atomic E-state index is 0.0669. The van der Waals surface area contributed by atoms with Crippen molar-refractivity contribution in [3.63, 3.8) is 0 Å². The van der Waals surface area contributed by atoms with Crippen LogP contribution in [0.4, 0.5) is 0 Å². The van der Waals surface area contributed by atoms with Crippen molar-refractivity contribution in [2.24, 2.45) is 5.41 Å². The fourth-order valence-corrected chi connectivity index (χ4v) is 4.37. The largest absolute Gasteiger partial charge is 0.497 e. The van der Waals surface area contributed by atoms with Crippen LogP contribution in [0.25, 0.3) is 0 Å². The molecule has 1 spiro atoms. The number of carbonyl (C=O) groups is 3. The van der Waals surface area contributed by atoms with Crippen molar-refractivity contribution in [1.29, 1.82) is 0 Å². The van der Waals surface area contributed by atoms with Crippen LogP contribution >= 0.6 is 0 Å². The zero-order chi connectivity index (χ0) is 24.2.